The number of aliphatic hydroxyl groups is 5. The smallest absolute Gasteiger partial charge is 0.316 e. The van der Waals surface area contributed by atoms with E-state index in [0.29, 0.717) is 0 Å². The van der Waals surface area contributed by atoms with Gasteiger partial charge in [-0.25, -0.2) is 0 Å². The lowest BCUT2D eigenvalue weighted by Gasteiger charge is -2.43. The van der Waals surface area contributed by atoms with E-state index in [1.807, 2.05) is 0 Å². The molecule has 2 aliphatic rings. The van der Waals surface area contributed by atoms with Crippen LogP contribution >= 0.6 is 0 Å². The Labute approximate surface area is 163 Å². The summed E-state index contributed by atoms with van der Waals surface area (Å²) in [6.45, 7) is 4.83. The Morgan fingerprint density at radius 1 is 1.21 bits per heavy atom. The minimum Gasteiger partial charge on any atom is -0.458 e. The Morgan fingerprint density at radius 3 is 2.43 bits per heavy atom. The first-order chi connectivity index (χ1) is 13.2. The number of hydrogen-bond acceptors (Lipinski definition) is 10. The third-order valence-corrected chi connectivity index (χ3v) is 4.77. The highest BCUT2D eigenvalue weighted by Crippen LogP contribution is 2.32. The molecule has 0 aromatic carbocycles. The number of rotatable bonds is 9. The lowest BCUT2D eigenvalue weighted by molar-refractivity contribution is -0.308. The fourth-order valence-electron chi connectivity index (χ4n) is 3.29. The molecule has 0 aromatic heterocycles. The van der Waals surface area contributed by atoms with Crippen molar-refractivity contribution in [1.82, 2.24) is 0 Å². The van der Waals surface area contributed by atoms with Crippen LogP contribution in [0.4, 0.5) is 0 Å². The van der Waals surface area contributed by atoms with Gasteiger partial charge in [-0.3, -0.25) is 4.79 Å². The van der Waals surface area contributed by atoms with E-state index in [4.69, 9.17) is 18.9 Å². The average Bonchev–Trinajstić information content (AvgIpc) is 2.62. The number of hydrogen-bond donors (Lipinski definition) is 5. The summed E-state index contributed by atoms with van der Waals surface area (Å²) >= 11 is 0. The molecule has 0 amide bonds. The summed E-state index contributed by atoms with van der Waals surface area (Å²) < 4.78 is 21.4. The average molecular weight is 406 g/mol. The fraction of sp³-hybridized carbons (Fsp3) is 0.833. The van der Waals surface area contributed by atoms with Gasteiger partial charge in [0.2, 0.25) is 0 Å². The van der Waals surface area contributed by atoms with E-state index < -0.39 is 67.5 Å². The molecule has 0 spiro atoms. The van der Waals surface area contributed by atoms with Crippen molar-refractivity contribution in [3.8, 4) is 0 Å². The molecule has 2 saturated heterocycles. The molecular weight excluding hydrogens is 376 g/mol. The second-order valence-electron chi connectivity index (χ2n) is 7.19. The van der Waals surface area contributed by atoms with Crippen molar-refractivity contribution in [1.29, 1.82) is 0 Å². The summed E-state index contributed by atoms with van der Waals surface area (Å²) in [5.74, 6) is -1.32. The first-order valence-corrected chi connectivity index (χ1v) is 9.28. The lowest BCUT2D eigenvalue weighted by atomic mass is 9.86. The van der Waals surface area contributed by atoms with Gasteiger partial charge in [0.25, 0.3) is 0 Å². The fourth-order valence-corrected chi connectivity index (χ4v) is 3.29. The summed E-state index contributed by atoms with van der Waals surface area (Å²) in [6, 6.07) is 0. The van der Waals surface area contributed by atoms with Gasteiger partial charge in [0, 0.05) is 6.61 Å². The van der Waals surface area contributed by atoms with Gasteiger partial charge in [-0.15, -0.1) is 0 Å². The van der Waals surface area contributed by atoms with Crippen molar-refractivity contribution >= 4 is 5.97 Å². The molecule has 0 saturated carbocycles. The van der Waals surface area contributed by atoms with Crippen molar-refractivity contribution < 1.29 is 49.3 Å². The van der Waals surface area contributed by atoms with Crippen molar-refractivity contribution in [3.63, 3.8) is 0 Å². The largest absolute Gasteiger partial charge is 0.458 e. The van der Waals surface area contributed by atoms with E-state index in [9.17, 15) is 30.3 Å². The van der Waals surface area contributed by atoms with Gasteiger partial charge in [0.15, 0.2) is 6.29 Å². The maximum Gasteiger partial charge on any atom is 0.316 e. The van der Waals surface area contributed by atoms with Crippen LogP contribution in [0, 0.1) is 5.92 Å². The second-order valence-corrected chi connectivity index (χ2v) is 7.19. The van der Waals surface area contributed by atoms with E-state index >= 15 is 0 Å². The molecule has 2 rings (SSSR count). The molecule has 5 N–H and O–H groups in total. The Morgan fingerprint density at radius 2 is 1.89 bits per heavy atom. The standard InChI is InChI=1S/C18H30O10/c1-4-25-11(12-16(28-17(12)24)9(20)5-8(2)3)7-26-18-15(23)14(22)13(21)10(6-19)27-18/h5,9-16,18-23H,4,6-7H2,1-3H3/t9-,10-,11+,12+,13-,14+,15-,16-,18-/m1/s1. The number of ether oxygens (including phenoxy) is 4. The number of esters is 1. The van der Waals surface area contributed by atoms with Gasteiger partial charge < -0.3 is 44.5 Å². The molecule has 2 fully saturated rings. The van der Waals surface area contributed by atoms with Crippen LogP contribution in [0.15, 0.2) is 11.6 Å². The third kappa shape index (κ3) is 5.08. The van der Waals surface area contributed by atoms with Crippen LogP contribution in [0.5, 0.6) is 0 Å². The molecular formula is C18H30O10. The van der Waals surface area contributed by atoms with Crippen molar-refractivity contribution in [2.24, 2.45) is 5.92 Å². The molecule has 2 aliphatic heterocycles. The molecule has 0 radical (unpaired) electrons. The first kappa shape index (κ1) is 23.2. The Bertz CT molecular complexity index is 546. The van der Waals surface area contributed by atoms with Crippen LogP contribution in [0.3, 0.4) is 0 Å². The molecule has 10 heteroatoms. The van der Waals surface area contributed by atoms with Gasteiger partial charge in [-0.1, -0.05) is 11.6 Å². The Hall–Kier alpha value is -1.11. The summed E-state index contributed by atoms with van der Waals surface area (Å²) in [5.41, 5.74) is 0.861. The van der Waals surface area contributed by atoms with Gasteiger partial charge in [0.05, 0.1) is 19.3 Å². The van der Waals surface area contributed by atoms with Gasteiger partial charge in [-0.2, -0.15) is 0 Å². The highest BCUT2D eigenvalue weighted by Gasteiger charge is 2.52. The van der Waals surface area contributed by atoms with Crippen LogP contribution in [0.2, 0.25) is 0 Å². The minimum absolute atomic E-state index is 0.200. The molecule has 2 heterocycles. The van der Waals surface area contributed by atoms with E-state index in [-0.39, 0.29) is 13.2 Å². The molecule has 0 bridgehead atoms. The zero-order chi connectivity index (χ0) is 21.0. The maximum atomic E-state index is 12.0. The van der Waals surface area contributed by atoms with E-state index in [2.05, 4.69) is 0 Å². The molecule has 10 nitrogen and oxygen atoms in total. The van der Waals surface area contributed by atoms with E-state index in [1.165, 1.54) is 0 Å². The van der Waals surface area contributed by atoms with Crippen LogP contribution in [0.1, 0.15) is 20.8 Å². The molecule has 0 unspecified atom stereocenters. The summed E-state index contributed by atoms with van der Waals surface area (Å²) in [6.07, 6.45) is -8.06. The van der Waals surface area contributed by atoms with E-state index in [0.717, 1.165) is 5.57 Å². The van der Waals surface area contributed by atoms with Crippen LogP contribution in [-0.2, 0) is 23.7 Å². The van der Waals surface area contributed by atoms with Crippen molar-refractivity contribution in [2.45, 2.75) is 69.8 Å². The Kier molecular flexibility index (Phi) is 8.34. The minimum atomic E-state index is -1.57. The second kappa shape index (κ2) is 10.1. The number of carbonyl (C=O) groups is 1. The molecule has 28 heavy (non-hydrogen) atoms. The van der Waals surface area contributed by atoms with Crippen LogP contribution < -0.4 is 0 Å². The monoisotopic (exact) mass is 406 g/mol. The van der Waals surface area contributed by atoms with Crippen LogP contribution in [-0.4, -0.2) is 100 Å². The zero-order valence-electron chi connectivity index (χ0n) is 16.2. The highest BCUT2D eigenvalue weighted by molar-refractivity contribution is 5.79. The molecule has 0 aromatic rings. The van der Waals surface area contributed by atoms with Gasteiger partial charge in [0.1, 0.15) is 42.5 Å². The van der Waals surface area contributed by atoms with Gasteiger partial charge >= 0.3 is 5.97 Å². The first-order valence-electron chi connectivity index (χ1n) is 9.28. The number of carbonyl (C=O) groups excluding carboxylic acids is 1. The predicted octanol–water partition coefficient (Wildman–Crippen LogP) is -1.92. The maximum absolute atomic E-state index is 12.0. The Balaban J connectivity index is 2.04. The number of cyclic esters (lactones) is 1. The molecule has 0 aliphatic carbocycles. The summed E-state index contributed by atoms with van der Waals surface area (Å²) in [7, 11) is 0. The zero-order valence-corrected chi connectivity index (χ0v) is 16.2. The lowest BCUT2D eigenvalue weighted by Crippen LogP contribution is -2.61. The number of aliphatic hydroxyl groups excluding tert-OH is 5. The van der Waals surface area contributed by atoms with Crippen molar-refractivity contribution in [3.05, 3.63) is 11.6 Å². The SMILES string of the molecule is CCO[C@@H](CO[C@@H]1O[C@H](CO)[C@@H](O)[C@H](O)[C@H]1O)[C@@H]1C(=O)O[C@@H]1[C@H](O)C=C(C)C. The van der Waals surface area contributed by atoms with Crippen LogP contribution in [0.25, 0.3) is 0 Å². The highest BCUT2D eigenvalue weighted by atomic mass is 16.7. The summed E-state index contributed by atoms with van der Waals surface area (Å²) in [5, 5.41) is 49.1. The molecule has 162 valence electrons. The van der Waals surface area contributed by atoms with Crippen molar-refractivity contribution in [2.75, 3.05) is 19.8 Å². The third-order valence-electron chi connectivity index (χ3n) is 4.77. The van der Waals surface area contributed by atoms with E-state index in [1.54, 1.807) is 26.8 Å². The summed E-state index contributed by atoms with van der Waals surface area (Å²) in [4.78, 5) is 12.0. The molecule has 9 atom stereocenters. The number of allylic oxidation sites excluding steroid dienone is 1. The van der Waals surface area contributed by atoms with Gasteiger partial charge in [-0.05, 0) is 20.8 Å². The predicted molar refractivity (Wildman–Crippen MR) is 93.9 cm³/mol. The quantitative estimate of drug-likeness (QED) is 0.216. The normalized spacial score (nSPS) is 37.6. The topological polar surface area (TPSA) is 155 Å².